The first-order valence-corrected chi connectivity index (χ1v) is 11.0. The molecule has 0 spiro atoms. The molecule has 9 nitrogen and oxygen atoms in total. The number of hydrogen-bond acceptors (Lipinski definition) is 6. The molecule has 1 aromatic carbocycles. The number of benzene rings is 1. The molecule has 1 aliphatic heterocycles. The van der Waals surface area contributed by atoms with Gasteiger partial charge in [0.1, 0.15) is 12.3 Å². The van der Waals surface area contributed by atoms with Gasteiger partial charge in [0.15, 0.2) is 5.82 Å². The fourth-order valence-electron chi connectivity index (χ4n) is 3.54. The summed E-state index contributed by atoms with van der Waals surface area (Å²) in [5.74, 6) is 1.53. The summed E-state index contributed by atoms with van der Waals surface area (Å²) in [5.41, 5.74) is 1.72. The van der Waals surface area contributed by atoms with Gasteiger partial charge in [-0.05, 0) is 45.0 Å². The predicted octanol–water partition coefficient (Wildman–Crippen LogP) is 2.24. The topological polar surface area (TPSA) is 90.9 Å². The molecule has 1 fully saturated rings. The molecular formula is C23H32N6O3. The van der Waals surface area contributed by atoms with Crippen LogP contribution in [0, 0.1) is 0 Å². The monoisotopic (exact) mass is 440 g/mol. The predicted molar refractivity (Wildman–Crippen MR) is 124 cm³/mol. The summed E-state index contributed by atoms with van der Waals surface area (Å²) >= 11 is 0. The van der Waals surface area contributed by atoms with Crippen molar-refractivity contribution in [1.82, 2.24) is 25.3 Å². The zero-order valence-corrected chi connectivity index (χ0v) is 19.2. The molecule has 2 aromatic rings. The Morgan fingerprint density at radius 2 is 1.88 bits per heavy atom. The molecule has 0 atom stereocenters. The molecule has 0 bridgehead atoms. The Hall–Kier alpha value is -3.36. The average molecular weight is 441 g/mol. The number of nitrogens with zero attached hydrogens (tertiary/aromatic N) is 5. The van der Waals surface area contributed by atoms with Crippen molar-refractivity contribution in [2.45, 2.75) is 26.8 Å². The third-order valence-electron chi connectivity index (χ3n) is 5.38. The molecule has 0 saturated carbocycles. The van der Waals surface area contributed by atoms with Crippen molar-refractivity contribution in [3.05, 3.63) is 36.4 Å². The third-order valence-corrected chi connectivity index (χ3v) is 5.38. The third kappa shape index (κ3) is 5.87. The number of piperazine rings is 1. The first kappa shape index (κ1) is 23.3. The molecule has 3 rings (SSSR count). The lowest BCUT2D eigenvalue weighted by molar-refractivity contribution is -0.132. The van der Waals surface area contributed by atoms with Gasteiger partial charge in [-0.25, -0.2) is 4.79 Å². The number of hydrogen-bond donors (Lipinski definition) is 1. The van der Waals surface area contributed by atoms with E-state index in [1.54, 1.807) is 12.0 Å². The zero-order valence-electron chi connectivity index (χ0n) is 19.2. The van der Waals surface area contributed by atoms with Gasteiger partial charge in [-0.3, -0.25) is 4.79 Å². The van der Waals surface area contributed by atoms with E-state index in [9.17, 15) is 9.59 Å². The van der Waals surface area contributed by atoms with Gasteiger partial charge < -0.3 is 24.8 Å². The zero-order chi connectivity index (χ0) is 23.1. The number of nitrogens with one attached hydrogen (secondary N) is 1. The van der Waals surface area contributed by atoms with Crippen molar-refractivity contribution in [2.75, 3.05) is 51.3 Å². The van der Waals surface area contributed by atoms with Gasteiger partial charge in [-0.2, -0.15) is 0 Å². The van der Waals surface area contributed by atoms with E-state index in [2.05, 4.69) is 20.4 Å². The molecule has 1 N–H and O–H groups in total. The number of rotatable bonds is 7. The van der Waals surface area contributed by atoms with Crippen LogP contribution in [0.4, 0.5) is 10.6 Å². The second kappa shape index (κ2) is 10.8. The Labute approximate surface area is 189 Å². The van der Waals surface area contributed by atoms with E-state index in [1.165, 1.54) is 4.90 Å². The van der Waals surface area contributed by atoms with Crippen molar-refractivity contribution in [3.8, 4) is 17.0 Å². The van der Waals surface area contributed by atoms with Gasteiger partial charge in [0.05, 0.1) is 12.8 Å². The van der Waals surface area contributed by atoms with Crippen molar-refractivity contribution in [3.63, 3.8) is 0 Å². The van der Waals surface area contributed by atoms with E-state index in [1.807, 2.05) is 57.2 Å². The van der Waals surface area contributed by atoms with Gasteiger partial charge >= 0.3 is 6.03 Å². The Morgan fingerprint density at radius 3 is 2.47 bits per heavy atom. The second-order valence-electron chi connectivity index (χ2n) is 7.99. The highest BCUT2D eigenvalue weighted by Crippen LogP contribution is 2.23. The van der Waals surface area contributed by atoms with Crippen molar-refractivity contribution in [1.29, 1.82) is 0 Å². The van der Waals surface area contributed by atoms with Crippen LogP contribution in [0.1, 0.15) is 20.8 Å². The molecule has 1 saturated heterocycles. The lowest BCUT2D eigenvalue weighted by atomic mass is 10.1. The van der Waals surface area contributed by atoms with E-state index in [0.29, 0.717) is 32.7 Å². The first-order valence-electron chi connectivity index (χ1n) is 11.0. The summed E-state index contributed by atoms with van der Waals surface area (Å²) < 4.78 is 5.27. The Balaban J connectivity index is 1.54. The van der Waals surface area contributed by atoms with Crippen molar-refractivity contribution >= 4 is 17.8 Å². The average Bonchev–Trinajstić information content (AvgIpc) is 2.82. The Kier molecular flexibility index (Phi) is 7.86. The molecule has 3 amide bonds. The maximum absolute atomic E-state index is 12.7. The number of methoxy groups -OCH3 is 1. The summed E-state index contributed by atoms with van der Waals surface area (Å²) in [6, 6.07) is 11.4. The van der Waals surface area contributed by atoms with Crippen LogP contribution in [0.5, 0.6) is 5.75 Å². The second-order valence-corrected chi connectivity index (χ2v) is 7.99. The van der Waals surface area contributed by atoms with Crippen LogP contribution in [0.25, 0.3) is 11.3 Å². The molecule has 32 heavy (non-hydrogen) atoms. The van der Waals surface area contributed by atoms with E-state index in [0.717, 1.165) is 22.8 Å². The minimum Gasteiger partial charge on any atom is -0.497 e. The van der Waals surface area contributed by atoms with Crippen LogP contribution < -0.4 is 15.0 Å². The van der Waals surface area contributed by atoms with Gasteiger partial charge in [-0.1, -0.05) is 12.1 Å². The Bertz CT molecular complexity index is 910. The highest BCUT2D eigenvalue weighted by atomic mass is 16.5. The van der Waals surface area contributed by atoms with E-state index in [-0.39, 0.29) is 24.5 Å². The van der Waals surface area contributed by atoms with Gasteiger partial charge in [0, 0.05) is 44.3 Å². The number of amides is 3. The number of aromatic nitrogens is 2. The molecule has 2 heterocycles. The molecule has 172 valence electrons. The molecule has 1 aromatic heterocycles. The highest BCUT2D eigenvalue weighted by molar-refractivity contribution is 5.84. The highest BCUT2D eigenvalue weighted by Gasteiger charge is 2.25. The summed E-state index contributed by atoms with van der Waals surface area (Å²) in [5, 5.41) is 11.6. The standard InChI is InChI=1S/C23H32N6O3/c1-5-27(23(31)24-17(2)3)16-22(30)29-13-11-28(12-14-29)21-10-9-20(25-26-21)18-7-6-8-19(15-18)32-4/h6-10,15,17H,5,11-14,16H2,1-4H3,(H,24,31). The smallest absolute Gasteiger partial charge is 0.318 e. The minimum absolute atomic E-state index is 0.0339. The maximum Gasteiger partial charge on any atom is 0.318 e. The summed E-state index contributed by atoms with van der Waals surface area (Å²) in [6.45, 7) is 8.76. The normalized spacial score (nSPS) is 13.8. The number of ether oxygens (including phenoxy) is 1. The van der Waals surface area contributed by atoms with Crippen molar-refractivity contribution < 1.29 is 14.3 Å². The number of carbonyl (C=O) groups excluding carboxylic acids is 2. The molecular weight excluding hydrogens is 408 g/mol. The lowest BCUT2D eigenvalue weighted by Crippen LogP contribution is -2.53. The largest absolute Gasteiger partial charge is 0.497 e. The van der Waals surface area contributed by atoms with Gasteiger partial charge in [0.2, 0.25) is 5.91 Å². The fourth-order valence-corrected chi connectivity index (χ4v) is 3.54. The van der Waals surface area contributed by atoms with Crippen LogP contribution in [0.15, 0.2) is 36.4 Å². The van der Waals surface area contributed by atoms with Crippen LogP contribution in [0.2, 0.25) is 0 Å². The van der Waals surface area contributed by atoms with Crippen LogP contribution in [0.3, 0.4) is 0 Å². The molecule has 9 heteroatoms. The molecule has 0 unspecified atom stereocenters. The van der Waals surface area contributed by atoms with E-state index in [4.69, 9.17) is 4.74 Å². The van der Waals surface area contributed by atoms with Crippen LogP contribution in [-0.2, 0) is 4.79 Å². The SMILES string of the molecule is CCN(CC(=O)N1CCN(c2ccc(-c3cccc(OC)c3)nn2)CC1)C(=O)NC(C)C. The van der Waals surface area contributed by atoms with Crippen LogP contribution >= 0.6 is 0 Å². The van der Waals surface area contributed by atoms with Gasteiger partial charge in [-0.15, -0.1) is 10.2 Å². The first-order chi connectivity index (χ1) is 15.4. The molecule has 1 aliphatic rings. The summed E-state index contributed by atoms with van der Waals surface area (Å²) in [4.78, 5) is 30.4. The number of urea groups is 1. The van der Waals surface area contributed by atoms with Crippen LogP contribution in [-0.4, -0.2) is 84.4 Å². The number of likely N-dealkylation sites (N-methyl/N-ethyl adjacent to an activating group) is 1. The quantitative estimate of drug-likeness (QED) is 0.710. The fraction of sp³-hybridized carbons (Fsp3) is 0.478. The van der Waals surface area contributed by atoms with Gasteiger partial charge in [0.25, 0.3) is 0 Å². The molecule has 0 aliphatic carbocycles. The number of anilines is 1. The van der Waals surface area contributed by atoms with E-state index < -0.39 is 0 Å². The number of carbonyl (C=O) groups is 2. The molecule has 0 radical (unpaired) electrons. The minimum atomic E-state index is -0.208. The summed E-state index contributed by atoms with van der Waals surface area (Å²) in [6.07, 6.45) is 0. The maximum atomic E-state index is 12.7. The lowest BCUT2D eigenvalue weighted by Gasteiger charge is -2.36. The van der Waals surface area contributed by atoms with Crippen molar-refractivity contribution in [2.24, 2.45) is 0 Å². The summed E-state index contributed by atoms with van der Waals surface area (Å²) in [7, 11) is 1.64. The Morgan fingerprint density at radius 1 is 1.12 bits per heavy atom. The van der Waals surface area contributed by atoms with E-state index >= 15 is 0 Å².